The second kappa shape index (κ2) is 6.28. The van der Waals surface area contributed by atoms with Crippen molar-refractivity contribution in [2.75, 3.05) is 13.2 Å². The molecule has 0 saturated heterocycles. The first-order valence-electron chi connectivity index (χ1n) is 5.56. The highest BCUT2D eigenvalue weighted by atomic mass is 16.5. The van der Waals surface area contributed by atoms with Gasteiger partial charge in [0.25, 0.3) is 5.91 Å². The number of benzene rings is 1. The van der Waals surface area contributed by atoms with Gasteiger partial charge in [-0.05, 0) is 32.9 Å². The summed E-state index contributed by atoms with van der Waals surface area (Å²) in [6, 6.07) is 7.51. The van der Waals surface area contributed by atoms with Gasteiger partial charge in [-0.1, -0.05) is 17.7 Å². The lowest BCUT2D eigenvalue weighted by Crippen LogP contribution is -2.28. The quantitative estimate of drug-likeness (QED) is 0.774. The molecule has 0 bridgehead atoms. The van der Waals surface area contributed by atoms with Gasteiger partial charge in [-0.25, -0.2) is 0 Å². The van der Waals surface area contributed by atoms with Gasteiger partial charge in [0.2, 0.25) is 0 Å². The number of hydrogen-bond donors (Lipinski definition) is 1. The summed E-state index contributed by atoms with van der Waals surface area (Å²) in [5.41, 5.74) is 1.84. The summed E-state index contributed by atoms with van der Waals surface area (Å²) in [6.07, 6.45) is 0.205. The van der Waals surface area contributed by atoms with E-state index in [1.165, 1.54) is 0 Å². The van der Waals surface area contributed by atoms with Crippen molar-refractivity contribution < 1.29 is 9.53 Å². The van der Waals surface area contributed by atoms with Crippen LogP contribution in [0.15, 0.2) is 24.3 Å². The Kier molecular flexibility index (Phi) is 4.99. The molecule has 1 rings (SSSR count). The van der Waals surface area contributed by atoms with Crippen molar-refractivity contribution in [1.29, 1.82) is 0 Å². The number of carbonyl (C=O) groups is 1. The maximum Gasteiger partial charge on any atom is 0.251 e. The van der Waals surface area contributed by atoms with Crippen molar-refractivity contribution >= 4 is 5.91 Å². The van der Waals surface area contributed by atoms with E-state index < -0.39 is 0 Å². The molecule has 0 aliphatic carbocycles. The monoisotopic (exact) mass is 221 g/mol. The number of hydrogen-bond acceptors (Lipinski definition) is 2. The summed E-state index contributed by atoms with van der Waals surface area (Å²) >= 11 is 0. The van der Waals surface area contributed by atoms with Crippen molar-refractivity contribution in [2.45, 2.75) is 26.9 Å². The van der Waals surface area contributed by atoms with Crippen LogP contribution in [0.2, 0.25) is 0 Å². The topological polar surface area (TPSA) is 38.3 Å². The van der Waals surface area contributed by atoms with E-state index >= 15 is 0 Å². The summed E-state index contributed by atoms with van der Waals surface area (Å²) in [5.74, 6) is -0.0487. The maximum absolute atomic E-state index is 11.6. The Morgan fingerprint density at radius 3 is 2.50 bits per heavy atom. The molecule has 0 aromatic heterocycles. The highest BCUT2D eigenvalue weighted by Gasteiger charge is 2.03. The maximum atomic E-state index is 11.6. The molecule has 3 nitrogen and oxygen atoms in total. The van der Waals surface area contributed by atoms with Crippen LogP contribution in [0.5, 0.6) is 0 Å². The Balaban J connectivity index is 2.32. The van der Waals surface area contributed by atoms with Crippen LogP contribution in [-0.2, 0) is 4.74 Å². The zero-order chi connectivity index (χ0) is 12.0. The minimum absolute atomic E-state index is 0.0487. The molecular formula is C13H19NO2. The molecule has 3 heteroatoms. The first kappa shape index (κ1) is 12.7. The fraction of sp³-hybridized carbons (Fsp3) is 0.462. The van der Waals surface area contributed by atoms with Gasteiger partial charge in [0.1, 0.15) is 0 Å². The van der Waals surface area contributed by atoms with Gasteiger partial charge in [-0.15, -0.1) is 0 Å². The molecule has 1 amide bonds. The largest absolute Gasteiger partial charge is 0.377 e. The zero-order valence-electron chi connectivity index (χ0n) is 10.1. The second-order valence-corrected chi connectivity index (χ2v) is 4.04. The predicted octanol–water partition coefficient (Wildman–Crippen LogP) is 2.15. The summed E-state index contributed by atoms with van der Waals surface area (Å²) < 4.78 is 5.33. The molecule has 0 radical (unpaired) electrons. The van der Waals surface area contributed by atoms with E-state index in [9.17, 15) is 4.79 Å². The van der Waals surface area contributed by atoms with E-state index in [2.05, 4.69) is 5.32 Å². The van der Waals surface area contributed by atoms with Gasteiger partial charge in [-0.2, -0.15) is 0 Å². The third kappa shape index (κ3) is 4.45. The van der Waals surface area contributed by atoms with E-state index in [0.717, 1.165) is 5.56 Å². The summed E-state index contributed by atoms with van der Waals surface area (Å²) in [4.78, 5) is 11.6. The van der Waals surface area contributed by atoms with Crippen LogP contribution in [-0.4, -0.2) is 25.2 Å². The van der Waals surface area contributed by atoms with Crippen molar-refractivity contribution in [1.82, 2.24) is 5.32 Å². The lowest BCUT2D eigenvalue weighted by atomic mass is 10.1. The molecule has 0 aliphatic heterocycles. The summed E-state index contributed by atoms with van der Waals surface area (Å²) in [5, 5.41) is 2.81. The minimum atomic E-state index is -0.0487. The van der Waals surface area contributed by atoms with Gasteiger partial charge in [0.05, 0.1) is 12.7 Å². The van der Waals surface area contributed by atoms with Crippen LogP contribution < -0.4 is 5.32 Å². The number of nitrogens with one attached hydrogen (secondary N) is 1. The first-order chi connectivity index (χ1) is 7.59. The fourth-order valence-corrected chi connectivity index (χ4v) is 1.27. The molecule has 88 valence electrons. The average molecular weight is 221 g/mol. The van der Waals surface area contributed by atoms with Gasteiger partial charge in [0.15, 0.2) is 0 Å². The Labute approximate surface area is 96.8 Å². The van der Waals surface area contributed by atoms with E-state index in [1.54, 1.807) is 0 Å². The standard InChI is InChI=1S/C13H19NO2/c1-10(2)16-9-8-14-13(15)12-6-4-11(3)5-7-12/h4-7,10H,8-9H2,1-3H3,(H,14,15). The van der Waals surface area contributed by atoms with Gasteiger partial charge >= 0.3 is 0 Å². The summed E-state index contributed by atoms with van der Waals surface area (Å²) in [7, 11) is 0. The van der Waals surface area contributed by atoms with Crippen LogP contribution in [0, 0.1) is 6.92 Å². The smallest absolute Gasteiger partial charge is 0.251 e. The molecule has 1 aromatic rings. The van der Waals surface area contributed by atoms with Crippen molar-refractivity contribution in [3.63, 3.8) is 0 Å². The molecule has 0 atom stereocenters. The third-order valence-electron chi connectivity index (χ3n) is 2.15. The lowest BCUT2D eigenvalue weighted by Gasteiger charge is -2.08. The minimum Gasteiger partial charge on any atom is -0.377 e. The average Bonchev–Trinajstić information content (AvgIpc) is 2.25. The van der Waals surface area contributed by atoms with Gasteiger partial charge < -0.3 is 10.1 Å². The molecule has 0 spiro atoms. The lowest BCUT2D eigenvalue weighted by molar-refractivity contribution is 0.0746. The van der Waals surface area contributed by atoms with Crippen LogP contribution >= 0.6 is 0 Å². The van der Waals surface area contributed by atoms with Crippen molar-refractivity contribution in [3.05, 3.63) is 35.4 Å². The molecule has 0 heterocycles. The number of ether oxygens (including phenoxy) is 1. The summed E-state index contributed by atoms with van der Waals surface area (Å²) in [6.45, 7) is 7.04. The molecule has 0 fully saturated rings. The van der Waals surface area contributed by atoms with Crippen LogP contribution in [0.4, 0.5) is 0 Å². The Morgan fingerprint density at radius 2 is 1.94 bits per heavy atom. The van der Waals surface area contributed by atoms with Crippen LogP contribution in [0.1, 0.15) is 29.8 Å². The molecule has 0 unspecified atom stereocenters. The molecule has 0 aliphatic rings. The van der Waals surface area contributed by atoms with E-state index in [1.807, 2.05) is 45.0 Å². The Morgan fingerprint density at radius 1 is 1.31 bits per heavy atom. The molecule has 1 N–H and O–H groups in total. The molecular weight excluding hydrogens is 202 g/mol. The first-order valence-corrected chi connectivity index (χ1v) is 5.56. The van der Waals surface area contributed by atoms with Crippen LogP contribution in [0.25, 0.3) is 0 Å². The van der Waals surface area contributed by atoms with Crippen LogP contribution in [0.3, 0.4) is 0 Å². The predicted molar refractivity (Wildman–Crippen MR) is 64.6 cm³/mol. The number of amides is 1. The highest BCUT2D eigenvalue weighted by Crippen LogP contribution is 2.02. The van der Waals surface area contributed by atoms with E-state index in [4.69, 9.17) is 4.74 Å². The highest BCUT2D eigenvalue weighted by molar-refractivity contribution is 5.94. The van der Waals surface area contributed by atoms with Crippen molar-refractivity contribution in [2.24, 2.45) is 0 Å². The Hall–Kier alpha value is -1.35. The van der Waals surface area contributed by atoms with Gasteiger partial charge in [-0.3, -0.25) is 4.79 Å². The fourth-order valence-electron chi connectivity index (χ4n) is 1.27. The van der Waals surface area contributed by atoms with Crippen molar-refractivity contribution in [3.8, 4) is 0 Å². The Bertz CT molecular complexity index is 330. The van der Waals surface area contributed by atoms with Gasteiger partial charge in [0, 0.05) is 12.1 Å². The number of aryl methyl sites for hydroxylation is 1. The normalized spacial score (nSPS) is 10.5. The second-order valence-electron chi connectivity index (χ2n) is 4.04. The number of carbonyl (C=O) groups excluding carboxylic acids is 1. The zero-order valence-corrected chi connectivity index (χ0v) is 10.1. The van der Waals surface area contributed by atoms with E-state index in [-0.39, 0.29) is 12.0 Å². The SMILES string of the molecule is Cc1ccc(C(=O)NCCOC(C)C)cc1. The molecule has 16 heavy (non-hydrogen) atoms. The molecule has 1 aromatic carbocycles. The number of rotatable bonds is 5. The third-order valence-corrected chi connectivity index (χ3v) is 2.15. The molecule has 0 saturated carbocycles. The van der Waals surface area contributed by atoms with E-state index in [0.29, 0.717) is 18.7 Å².